The van der Waals surface area contributed by atoms with Gasteiger partial charge in [-0.05, 0) is 49.8 Å². The third-order valence-electron chi connectivity index (χ3n) is 5.17. The average Bonchev–Trinajstić information content (AvgIpc) is 3.16. The van der Waals surface area contributed by atoms with Crippen molar-refractivity contribution in [1.29, 1.82) is 0 Å². The monoisotopic (exact) mass is 387 g/mol. The highest BCUT2D eigenvalue weighted by Gasteiger charge is 2.31. The number of aromatic nitrogens is 4. The first kappa shape index (κ1) is 20.2. The van der Waals surface area contributed by atoms with E-state index in [0.717, 1.165) is 50.5 Å². The third kappa shape index (κ3) is 4.30. The number of hydrogen-bond donors (Lipinski definition) is 0. The van der Waals surface area contributed by atoms with Crippen LogP contribution in [0.2, 0.25) is 0 Å². The van der Waals surface area contributed by atoms with Crippen molar-refractivity contribution >= 4 is 11.4 Å². The lowest BCUT2D eigenvalue weighted by Crippen LogP contribution is -2.48. The van der Waals surface area contributed by atoms with Crippen molar-refractivity contribution < 1.29 is 4.92 Å². The lowest BCUT2D eigenvalue weighted by atomic mass is 10.0. The van der Waals surface area contributed by atoms with Crippen LogP contribution in [0.3, 0.4) is 0 Å². The first-order valence-electron chi connectivity index (χ1n) is 9.83. The Morgan fingerprint density at radius 2 is 1.79 bits per heavy atom. The van der Waals surface area contributed by atoms with E-state index in [9.17, 15) is 10.1 Å². The molecule has 9 nitrogen and oxygen atoms in total. The summed E-state index contributed by atoms with van der Waals surface area (Å²) in [6.45, 7) is 12.1. The maximum Gasteiger partial charge on any atom is 0.269 e. The minimum absolute atomic E-state index is 0.124. The molecule has 2 heterocycles. The van der Waals surface area contributed by atoms with Gasteiger partial charge in [0.25, 0.3) is 5.69 Å². The summed E-state index contributed by atoms with van der Waals surface area (Å²) in [5.74, 6) is 0.929. The van der Waals surface area contributed by atoms with Gasteiger partial charge in [0.2, 0.25) is 0 Å². The first-order valence-corrected chi connectivity index (χ1v) is 9.83. The molecule has 2 aromatic rings. The maximum absolute atomic E-state index is 10.8. The van der Waals surface area contributed by atoms with Crippen molar-refractivity contribution in [3.8, 4) is 0 Å². The van der Waals surface area contributed by atoms with Crippen LogP contribution in [0.4, 0.5) is 11.4 Å². The highest BCUT2D eigenvalue weighted by molar-refractivity contribution is 5.51. The van der Waals surface area contributed by atoms with E-state index in [1.165, 1.54) is 0 Å². The summed E-state index contributed by atoms with van der Waals surface area (Å²) in [5, 5.41) is 23.4. The van der Waals surface area contributed by atoms with Gasteiger partial charge in [0, 0.05) is 44.0 Å². The second-order valence-electron chi connectivity index (χ2n) is 8.22. The van der Waals surface area contributed by atoms with E-state index in [1.54, 1.807) is 12.1 Å². The Bertz CT molecular complexity index is 789. The number of nitro benzene ring substituents is 1. The SMILES string of the molecule is CCCC(c1nnnn1C(C)(C)C)N1CCN(c2ccc([N+](=O)[O-])cc2)CC1. The third-order valence-corrected chi connectivity index (χ3v) is 5.17. The lowest BCUT2D eigenvalue weighted by Gasteiger charge is -2.40. The Morgan fingerprint density at radius 3 is 2.32 bits per heavy atom. The Balaban J connectivity index is 1.71. The van der Waals surface area contributed by atoms with Crippen LogP contribution >= 0.6 is 0 Å². The molecule has 1 aromatic heterocycles. The van der Waals surface area contributed by atoms with Crippen LogP contribution in [0.25, 0.3) is 0 Å². The number of hydrogen-bond acceptors (Lipinski definition) is 7. The average molecular weight is 387 g/mol. The van der Waals surface area contributed by atoms with E-state index in [-0.39, 0.29) is 22.2 Å². The van der Waals surface area contributed by atoms with Gasteiger partial charge >= 0.3 is 0 Å². The Morgan fingerprint density at radius 1 is 1.14 bits per heavy atom. The summed E-state index contributed by atoms with van der Waals surface area (Å²) in [6.07, 6.45) is 2.07. The summed E-state index contributed by atoms with van der Waals surface area (Å²) in [5.41, 5.74) is 0.988. The molecule has 0 spiro atoms. The van der Waals surface area contributed by atoms with Crippen LogP contribution in [-0.4, -0.2) is 56.2 Å². The summed E-state index contributed by atoms with van der Waals surface area (Å²) in [4.78, 5) is 15.2. The quantitative estimate of drug-likeness (QED) is 0.555. The molecule has 0 N–H and O–H groups in total. The molecule has 1 aliphatic rings. The molecule has 0 aliphatic carbocycles. The fraction of sp³-hybridized carbons (Fsp3) is 0.632. The molecule has 9 heteroatoms. The molecule has 152 valence electrons. The number of nitrogens with zero attached hydrogens (tertiary/aromatic N) is 7. The van der Waals surface area contributed by atoms with Crippen molar-refractivity contribution in [2.75, 3.05) is 31.1 Å². The van der Waals surface area contributed by atoms with Crippen LogP contribution in [0.5, 0.6) is 0 Å². The summed E-state index contributed by atoms with van der Waals surface area (Å²) < 4.78 is 1.94. The number of tetrazole rings is 1. The molecule has 0 bridgehead atoms. The molecule has 0 saturated carbocycles. The molecule has 1 aliphatic heterocycles. The van der Waals surface area contributed by atoms with E-state index in [2.05, 4.69) is 53.0 Å². The number of anilines is 1. The normalized spacial score (nSPS) is 16.9. The number of non-ortho nitro benzene ring substituents is 1. The molecule has 3 rings (SSSR count). The minimum Gasteiger partial charge on any atom is -0.369 e. The van der Waals surface area contributed by atoms with Crippen LogP contribution in [0.1, 0.15) is 52.4 Å². The van der Waals surface area contributed by atoms with Crippen LogP contribution in [0, 0.1) is 10.1 Å². The molecule has 1 saturated heterocycles. The van der Waals surface area contributed by atoms with Gasteiger partial charge in [0.1, 0.15) is 0 Å². The molecule has 1 unspecified atom stereocenters. The second-order valence-corrected chi connectivity index (χ2v) is 8.22. The molecule has 1 fully saturated rings. The molecule has 1 atom stereocenters. The molecular formula is C19H29N7O2. The molecule has 28 heavy (non-hydrogen) atoms. The Labute approximate surface area is 165 Å². The van der Waals surface area contributed by atoms with Crippen molar-refractivity contribution in [2.24, 2.45) is 0 Å². The lowest BCUT2D eigenvalue weighted by molar-refractivity contribution is -0.384. The number of benzene rings is 1. The maximum atomic E-state index is 10.8. The second kappa shape index (κ2) is 8.22. The zero-order valence-electron chi connectivity index (χ0n) is 17.1. The summed E-state index contributed by atoms with van der Waals surface area (Å²) >= 11 is 0. The van der Waals surface area contributed by atoms with E-state index >= 15 is 0 Å². The van der Waals surface area contributed by atoms with Gasteiger partial charge in [-0.15, -0.1) is 5.10 Å². The number of nitro groups is 1. The van der Waals surface area contributed by atoms with Gasteiger partial charge in [0.05, 0.1) is 16.5 Å². The zero-order chi connectivity index (χ0) is 20.3. The number of rotatable bonds is 6. The highest BCUT2D eigenvalue weighted by Crippen LogP contribution is 2.29. The van der Waals surface area contributed by atoms with E-state index in [4.69, 9.17) is 0 Å². The van der Waals surface area contributed by atoms with Crippen molar-refractivity contribution in [3.05, 3.63) is 40.2 Å². The van der Waals surface area contributed by atoms with E-state index in [1.807, 2.05) is 16.8 Å². The zero-order valence-corrected chi connectivity index (χ0v) is 17.1. The van der Waals surface area contributed by atoms with Crippen molar-refractivity contribution in [2.45, 2.75) is 52.1 Å². The fourth-order valence-corrected chi connectivity index (χ4v) is 3.70. The predicted molar refractivity (Wildman–Crippen MR) is 107 cm³/mol. The van der Waals surface area contributed by atoms with Gasteiger partial charge < -0.3 is 4.90 Å². The molecule has 0 amide bonds. The standard InChI is InChI=1S/C19H29N7O2/c1-5-6-17(18-20-21-22-25(18)19(2,3)4)24-13-11-23(12-14-24)15-7-9-16(10-8-15)26(27)28/h7-10,17H,5-6,11-14H2,1-4H3. The topological polar surface area (TPSA) is 93.2 Å². The predicted octanol–water partition coefficient (Wildman–Crippen LogP) is 3.00. The number of piperazine rings is 1. The van der Waals surface area contributed by atoms with Gasteiger partial charge in [0.15, 0.2) is 5.82 Å². The molecule has 1 aromatic carbocycles. The Hall–Kier alpha value is -2.55. The van der Waals surface area contributed by atoms with E-state index < -0.39 is 0 Å². The molecular weight excluding hydrogens is 358 g/mol. The van der Waals surface area contributed by atoms with Crippen LogP contribution in [-0.2, 0) is 5.54 Å². The smallest absolute Gasteiger partial charge is 0.269 e. The Kier molecular flexibility index (Phi) is 5.93. The fourth-order valence-electron chi connectivity index (χ4n) is 3.70. The van der Waals surface area contributed by atoms with Gasteiger partial charge in [-0.2, -0.15) is 0 Å². The van der Waals surface area contributed by atoms with Gasteiger partial charge in [-0.1, -0.05) is 13.3 Å². The first-order chi connectivity index (χ1) is 13.3. The highest BCUT2D eigenvalue weighted by atomic mass is 16.6. The van der Waals surface area contributed by atoms with Crippen LogP contribution in [0.15, 0.2) is 24.3 Å². The van der Waals surface area contributed by atoms with Crippen LogP contribution < -0.4 is 4.90 Å². The minimum atomic E-state index is -0.365. The summed E-state index contributed by atoms with van der Waals surface area (Å²) in [7, 11) is 0. The van der Waals surface area contributed by atoms with Crippen molar-refractivity contribution in [3.63, 3.8) is 0 Å². The summed E-state index contributed by atoms with van der Waals surface area (Å²) in [6, 6.07) is 6.99. The van der Waals surface area contributed by atoms with Gasteiger partial charge in [-0.25, -0.2) is 4.68 Å². The molecule has 0 radical (unpaired) electrons. The largest absolute Gasteiger partial charge is 0.369 e. The van der Waals surface area contributed by atoms with Crippen molar-refractivity contribution in [1.82, 2.24) is 25.1 Å². The van der Waals surface area contributed by atoms with Gasteiger partial charge in [-0.3, -0.25) is 15.0 Å². The van der Waals surface area contributed by atoms with E-state index in [0.29, 0.717) is 0 Å².